The van der Waals surface area contributed by atoms with Gasteiger partial charge in [-0.1, -0.05) is 29.8 Å². The Morgan fingerprint density at radius 3 is 2.48 bits per heavy atom. The summed E-state index contributed by atoms with van der Waals surface area (Å²) in [6.45, 7) is 0. The molecule has 4 rings (SSSR count). The fourth-order valence-electron chi connectivity index (χ4n) is 2.82. The number of nitrogens with two attached hydrogens (primary N) is 1. The first-order valence-corrected chi connectivity index (χ1v) is 7.87. The number of rotatable bonds is 3. The molecule has 0 atom stereocenters. The molecule has 2 aromatic heterocycles. The highest BCUT2D eigenvalue weighted by Crippen LogP contribution is 2.38. The molecule has 25 heavy (non-hydrogen) atoms. The molecule has 4 aromatic rings. The van der Waals surface area contributed by atoms with Gasteiger partial charge in [0.2, 0.25) is 11.7 Å². The maximum absolute atomic E-state index is 11.3. The number of primary amides is 1. The van der Waals surface area contributed by atoms with Crippen LogP contribution in [0.15, 0.2) is 48.5 Å². The molecule has 124 valence electrons. The summed E-state index contributed by atoms with van der Waals surface area (Å²) in [7, 11) is 1.69. The first kappa shape index (κ1) is 15.3. The van der Waals surface area contributed by atoms with Crippen molar-refractivity contribution >= 4 is 28.4 Å². The van der Waals surface area contributed by atoms with Crippen LogP contribution in [0.4, 0.5) is 0 Å². The zero-order chi connectivity index (χ0) is 17.6. The van der Waals surface area contributed by atoms with Crippen LogP contribution in [0.1, 0.15) is 10.4 Å². The molecule has 8 heteroatoms. The fourth-order valence-corrected chi connectivity index (χ4v) is 3.15. The number of carbonyl (C=O) groups is 1. The van der Waals surface area contributed by atoms with Crippen molar-refractivity contribution in [2.75, 3.05) is 0 Å². The van der Waals surface area contributed by atoms with Crippen molar-refractivity contribution < 1.29 is 4.79 Å². The van der Waals surface area contributed by atoms with Crippen LogP contribution in [0.3, 0.4) is 0 Å². The molecule has 2 N–H and O–H groups in total. The summed E-state index contributed by atoms with van der Waals surface area (Å²) in [5.41, 5.74) is 8.12. The second kappa shape index (κ2) is 5.71. The van der Waals surface area contributed by atoms with E-state index < -0.39 is 5.91 Å². The number of fused-ring (bicyclic) bond motifs is 1. The molecule has 0 aliphatic heterocycles. The summed E-state index contributed by atoms with van der Waals surface area (Å²) in [6, 6.07) is 14.7. The molecule has 0 radical (unpaired) electrons. The zero-order valence-corrected chi connectivity index (χ0v) is 14.0. The minimum Gasteiger partial charge on any atom is -0.366 e. The summed E-state index contributed by atoms with van der Waals surface area (Å²) in [6.07, 6.45) is 0. The Balaban J connectivity index is 2.03. The van der Waals surface area contributed by atoms with E-state index in [1.165, 1.54) is 4.80 Å². The van der Waals surface area contributed by atoms with E-state index in [1.807, 2.05) is 41.0 Å². The molecule has 0 fully saturated rings. The smallest absolute Gasteiger partial charge is 0.248 e. The van der Waals surface area contributed by atoms with Crippen molar-refractivity contribution in [3.63, 3.8) is 0 Å². The van der Waals surface area contributed by atoms with Crippen LogP contribution >= 0.6 is 11.6 Å². The average molecular weight is 353 g/mol. The van der Waals surface area contributed by atoms with Gasteiger partial charge in [-0.2, -0.15) is 4.80 Å². The van der Waals surface area contributed by atoms with Crippen molar-refractivity contribution in [2.45, 2.75) is 0 Å². The lowest BCUT2D eigenvalue weighted by molar-refractivity contribution is 0.100. The molecule has 0 aliphatic rings. The number of nitrogens with zero attached hydrogens (tertiary/aromatic N) is 5. The summed E-state index contributed by atoms with van der Waals surface area (Å²) >= 11 is 6.63. The van der Waals surface area contributed by atoms with Gasteiger partial charge in [-0.3, -0.25) is 4.79 Å². The number of hydrogen-bond donors (Lipinski definition) is 1. The summed E-state index contributed by atoms with van der Waals surface area (Å²) in [4.78, 5) is 12.7. The third-order valence-corrected chi connectivity index (χ3v) is 4.33. The monoisotopic (exact) mass is 352 g/mol. The van der Waals surface area contributed by atoms with Gasteiger partial charge in [0.15, 0.2) is 0 Å². The van der Waals surface area contributed by atoms with Crippen LogP contribution < -0.4 is 5.73 Å². The zero-order valence-electron chi connectivity index (χ0n) is 13.2. The molecular weight excluding hydrogens is 340 g/mol. The number of amides is 1. The highest BCUT2D eigenvalue weighted by atomic mass is 35.5. The quantitative estimate of drug-likeness (QED) is 0.613. The van der Waals surface area contributed by atoms with E-state index in [2.05, 4.69) is 15.4 Å². The van der Waals surface area contributed by atoms with E-state index in [1.54, 1.807) is 19.2 Å². The van der Waals surface area contributed by atoms with Gasteiger partial charge in [-0.25, -0.2) is 0 Å². The van der Waals surface area contributed by atoms with E-state index in [0.717, 1.165) is 16.6 Å². The van der Waals surface area contributed by atoms with Gasteiger partial charge < -0.3 is 10.3 Å². The fraction of sp³-hybridized carbons (Fsp3) is 0.0588. The SMILES string of the molecule is Cn1nnc(-c2c(Cl)c3ccccc3n2-c2ccc(C(N)=O)cc2)n1. The van der Waals surface area contributed by atoms with Gasteiger partial charge in [0.1, 0.15) is 5.69 Å². The molecule has 7 nitrogen and oxygen atoms in total. The van der Waals surface area contributed by atoms with E-state index in [4.69, 9.17) is 17.3 Å². The minimum atomic E-state index is -0.474. The standard InChI is InChI=1S/C17H13ClN6O/c1-23-21-17(20-22-23)15-14(18)12-4-2-3-5-13(12)24(15)11-8-6-10(7-9-11)16(19)25/h2-9H,1H3,(H2,19,25). The van der Waals surface area contributed by atoms with E-state index >= 15 is 0 Å². The van der Waals surface area contributed by atoms with Crippen molar-refractivity contribution in [2.24, 2.45) is 12.8 Å². The molecule has 1 amide bonds. The van der Waals surface area contributed by atoms with Gasteiger partial charge in [0, 0.05) is 16.6 Å². The number of tetrazole rings is 1. The maximum Gasteiger partial charge on any atom is 0.248 e. The van der Waals surface area contributed by atoms with Crippen LogP contribution in [-0.4, -0.2) is 30.7 Å². The molecule has 0 unspecified atom stereocenters. The second-order valence-corrected chi connectivity index (χ2v) is 5.91. The Morgan fingerprint density at radius 2 is 1.84 bits per heavy atom. The number of aromatic nitrogens is 5. The molecule has 0 bridgehead atoms. The van der Waals surface area contributed by atoms with Crippen LogP contribution in [0.5, 0.6) is 0 Å². The first-order chi connectivity index (χ1) is 12.1. The van der Waals surface area contributed by atoms with Gasteiger partial charge >= 0.3 is 0 Å². The molecular formula is C17H13ClN6O. The number of para-hydroxylation sites is 1. The number of hydrogen-bond acceptors (Lipinski definition) is 4. The third kappa shape index (κ3) is 2.45. The lowest BCUT2D eigenvalue weighted by Gasteiger charge is -2.09. The summed E-state index contributed by atoms with van der Waals surface area (Å²) in [5, 5.41) is 13.7. The Hall–Kier alpha value is -3.19. The molecule has 0 saturated heterocycles. The van der Waals surface area contributed by atoms with E-state index in [9.17, 15) is 4.79 Å². The highest BCUT2D eigenvalue weighted by molar-refractivity contribution is 6.38. The van der Waals surface area contributed by atoms with Crippen LogP contribution in [-0.2, 0) is 7.05 Å². The average Bonchev–Trinajstić information content (AvgIpc) is 3.16. The number of aryl methyl sites for hydroxylation is 1. The Bertz CT molecular complexity index is 1100. The third-order valence-electron chi connectivity index (χ3n) is 3.94. The molecule has 2 heterocycles. The summed E-state index contributed by atoms with van der Waals surface area (Å²) in [5.74, 6) is -0.0551. The van der Waals surface area contributed by atoms with Crippen LogP contribution in [0.2, 0.25) is 5.02 Å². The first-order valence-electron chi connectivity index (χ1n) is 7.50. The Morgan fingerprint density at radius 1 is 1.12 bits per heavy atom. The van der Waals surface area contributed by atoms with E-state index in [-0.39, 0.29) is 0 Å². The second-order valence-electron chi connectivity index (χ2n) is 5.53. The predicted molar refractivity (Wildman–Crippen MR) is 94.6 cm³/mol. The maximum atomic E-state index is 11.3. The molecule has 0 saturated carbocycles. The van der Waals surface area contributed by atoms with Crippen molar-refractivity contribution in [3.8, 4) is 17.2 Å². The lowest BCUT2D eigenvalue weighted by atomic mass is 10.2. The van der Waals surface area contributed by atoms with Crippen molar-refractivity contribution in [1.29, 1.82) is 0 Å². The topological polar surface area (TPSA) is 91.6 Å². The van der Waals surface area contributed by atoms with Crippen molar-refractivity contribution in [1.82, 2.24) is 24.8 Å². The van der Waals surface area contributed by atoms with Crippen LogP contribution in [0, 0.1) is 0 Å². The van der Waals surface area contributed by atoms with Crippen molar-refractivity contribution in [3.05, 3.63) is 59.1 Å². The number of carbonyl (C=O) groups excluding carboxylic acids is 1. The van der Waals surface area contributed by atoms with E-state index in [0.29, 0.717) is 22.1 Å². The predicted octanol–water partition coefficient (Wildman–Crippen LogP) is 2.57. The number of halogens is 1. The minimum absolute atomic E-state index is 0.419. The van der Waals surface area contributed by atoms with Gasteiger partial charge in [-0.15, -0.1) is 10.2 Å². The molecule has 0 aliphatic carbocycles. The van der Waals surface area contributed by atoms with Gasteiger partial charge in [-0.05, 0) is 35.5 Å². The Kier molecular flexibility index (Phi) is 3.51. The largest absolute Gasteiger partial charge is 0.366 e. The molecule has 2 aromatic carbocycles. The van der Waals surface area contributed by atoms with Gasteiger partial charge in [0.25, 0.3) is 0 Å². The lowest BCUT2D eigenvalue weighted by Crippen LogP contribution is -2.10. The highest BCUT2D eigenvalue weighted by Gasteiger charge is 2.21. The number of benzene rings is 2. The summed E-state index contributed by atoms with van der Waals surface area (Å²) < 4.78 is 1.94. The van der Waals surface area contributed by atoms with Crippen LogP contribution in [0.25, 0.3) is 28.1 Å². The molecule has 0 spiro atoms. The Labute approximate surface area is 147 Å². The van der Waals surface area contributed by atoms with Gasteiger partial charge in [0.05, 0.1) is 17.6 Å². The normalized spacial score (nSPS) is 11.1.